The Kier molecular flexibility index (Phi) is 1.60. The van der Waals surface area contributed by atoms with Crippen LogP contribution in [0.25, 0.3) is 0 Å². The zero-order valence-electron chi connectivity index (χ0n) is 4.66. The van der Waals surface area contributed by atoms with Crippen LogP contribution in [0.4, 0.5) is 0 Å². The molecule has 0 radical (unpaired) electrons. The van der Waals surface area contributed by atoms with Crippen LogP contribution in [-0.2, 0) is 0 Å². The van der Waals surface area contributed by atoms with Gasteiger partial charge < -0.3 is 4.74 Å². The van der Waals surface area contributed by atoms with Crippen molar-refractivity contribution in [3.63, 3.8) is 0 Å². The maximum absolute atomic E-state index is 8.25. The van der Waals surface area contributed by atoms with Crippen LogP contribution in [0.3, 0.4) is 0 Å². The van der Waals surface area contributed by atoms with Gasteiger partial charge in [-0.25, -0.2) is 0 Å². The summed E-state index contributed by atoms with van der Waals surface area (Å²) in [6.07, 6.45) is 0. The molecule has 0 aliphatic carbocycles. The van der Waals surface area contributed by atoms with Gasteiger partial charge in [0.1, 0.15) is 6.07 Å². The van der Waals surface area contributed by atoms with Crippen LogP contribution in [0.15, 0.2) is 0 Å². The second-order valence-corrected chi connectivity index (χ2v) is 2.13. The average Bonchev–Trinajstić information content (AvgIpc) is 2.34. The summed E-state index contributed by atoms with van der Waals surface area (Å²) in [6, 6.07) is 1.85. The van der Waals surface area contributed by atoms with Crippen LogP contribution in [0.1, 0.15) is 5.01 Å². The maximum Gasteiger partial charge on any atom is 0.294 e. The lowest BCUT2D eigenvalue weighted by atomic mass is 10.8. The van der Waals surface area contributed by atoms with Crippen molar-refractivity contribution in [2.75, 3.05) is 7.11 Å². The normalized spacial score (nSPS) is 8.44. The third-order valence-corrected chi connectivity index (χ3v) is 1.47. The van der Waals surface area contributed by atoms with Gasteiger partial charge in [0, 0.05) is 0 Å². The number of hydrogen-bond acceptors (Lipinski definition) is 5. The van der Waals surface area contributed by atoms with Crippen LogP contribution in [0.2, 0.25) is 0 Å². The second-order valence-electron chi connectivity index (χ2n) is 1.19. The molecular weight excluding hydrogens is 138 g/mol. The number of nitriles is 1. The van der Waals surface area contributed by atoms with Gasteiger partial charge in [0.2, 0.25) is 5.01 Å². The van der Waals surface area contributed by atoms with E-state index in [1.165, 1.54) is 7.11 Å². The van der Waals surface area contributed by atoms with Gasteiger partial charge in [0.25, 0.3) is 5.19 Å². The number of hydrogen-bond donors (Lipinski definition) is 0. The molecule has 0 saturated carbocycles. The van der Waals surface area contributed by atoms with Crippen molar-refractivity contribution in [3.8, 4) is 11.3 Å². The van der Waals surface area contributed by atoms with Crippen molar-refractivity contribution >= 4 is 11.3 Å². The molecule has 1 rings (SSSR count). The molecular formula is C4H3N3OS. The van der Waals surface area contributed by atoms with Crippen LogP contribution in [0.5, 0.6) is 5.19 Å². The molecule has 0 fully saturated rings. The van der Waals surface area contributed by atoms with Gasteiger partial charge in [-0.1, -0.05) is 5.10 Å². The monoisotopic (exact) mass is 141 g/mol. The summed E-state index contributed by atoms with van der Waals surface area (Å²) in [4.78, 5) is 0. The summed E-state index contributed by atoms with van der Waals surface area (Å²) in [5.41, 5.74) is 0. The fourth-order valence-corrected chi connectivity index (χ4v) is 0.795. The Morgan fingerprint density at radius 3 is 2.78 bits per heavy atom. The minimum absolute atomic E-state index is 0.326. The van der Waals surface area contributed by atoms with E-state index in [1.807, 2.05) is 6.07 Å². The Morgan fingerprint density at radius 1 is 1.67 bits per heavy atom. The molecule has 1 aromatic heterocycles. The number of methoxy groups -OCH3 is 1. The SMILES string of the molecule is COc1nnc(C#N)s1. The quantitative estimate of drug-likeness (QED) is 0.568. The molecule has 0 atom stereocenters. The number of nitrogens with zero attached hydrogens (tertiary/aromatic N) is 3. The molecule has 0 aliphatic rings. The topological polar surface area (TPSA) is 58.8 Å². The van der Waals surface area contributed by atoms with Crippen LogP contribution in [0, 0.1) is 11.3 Å². The highest BCUT2D eigenvalue weighted by Gasteiger charge is 1.99. The molecule has 9 heavy (non-hydrogen) atoms. The minimum atomic E-state index is 0.326. The summed E-state index contributed by atoms with van der Waals surface area (Å²) < 4.78 is 4.69. The van der Waals surface area contributed by atoms with Gasteiger partial charge in [0.05, 0.1) is 7.11 Å². The van der Waals surface area contributed by atoms with E-state index >= 15 is 0 Å². The fourth-order valence-electron chi connectivity index (χ4n) is 0.337. The zero-order chi connectivity index (χ0) is 6.69. The summed E-state index contributed by atoms with van der Waals surface area (Å²) in [7, 11) is 1.49. The number of ether oxygens (including phenoxy) is 1. The lowest BCUT2D eigenvalue weighted by molar-refractivity contribution is 0.407. The molecule has 5 heteroatoms. The van der Waals surface area contributed by atoms with Crippen molar-refractivity contribution in [2.24, 2.45) is 0 Å². The van der Waals surface area contributed by atoms with E-state index in [1.54, 1.807) is 0 Å². The highest BCUT2D eigenvalue weighted by atomic mass is 32.1. The Bertz CT molecular complexity index is 238. The summed E-state index contributed by atoms with van der Waals surface area (Å²) in [5.74, 6) is 0. The predicted octanol–water partition coefficient (Wildman–Crippen LogP) is 0.418. The predicted molar refractivity (Wildman–Crippen MR) is 31.2 cm³/mol. The lowest BCUT2D eigenvalue weighted by Gasteiger charge is -1.82. The molecule has 0 saturated heterocycles. The second kappa shape index (κ2) is 2.42. The standard InChI is InChI=1S/C4H3N3OS/c1-8-4-7-6-3(2-5)9-4/h1H3. The summed E-state index contributed by atoms with van der Waals surface area (Å²) in [6.45, 7) is 0. The molecule has 46 valence electrons. The van der Waals surface area contributed by atoms with Crippen molar-refractivity contribution < 1.29 is 4.74 Å². The van der Waals surface area contributed by atoms with Crippen molar-refractivity contribution in [2.45, 2.75) is 0 Å². The first-order chi connectivity index (χ1) is 4.36. The average molecular weight is 141 g/mol. The van der Waals surface area contributed by atoms with E-state index in [9.17, 15) is 0 Å². The largest absolute Gasteiger partial charge is 0.472 e. The Labute approximate surface area is 55.7 Å². The molecule has 1 heterocycles. The summed E-state index contributed by atoms with van der Waals surface area (Å²) in [5, 5.41) is 16.0. The van der Waals surface area contributed by atoms with E-state index < -0.39 is 0 Å². The first-order valence-corrected chi connectivity index (χ1v) is 2.96. The Hall–Kier alpha value is -1.15. The first kappa shape index (κ1) is 5.98. The van der Waals surface area contributed by atoms with Crippen LogP contribution >= 0.6 is 11.3 Å². The molecule has 0 amide bonds. The molecule has 1 aromatic rings. The highest BCUT2D eigenvalue weighted by Crippen LogP contribution is 2.14. The van der Waals surface area contributed by atoms with Gasteiger partial charge in [-0.3, -0.25) is 0 Å². The molecule has 0 unspecified atom stereocenters. The fraction of sp³-hybridized carbons (Fsp3) is 0.250. The molecule has 4 nitrogen and oxygen atoms in total. The Morgan fingerprint density at radius 2 is 2.44 bits per heavy atom. The van der Waals surface area contributed by atoms with Gasteiger partial charge in [-0.05, 0) is 11.3 Å². The third-order valence-electron chi connectivity index (χ3n) is 0.677. The van der Waals surface area contributed by atoms with Crippen LogP contribution in [-0.4, -0.2) is 17.3 Å². The maximum atomic E-state index is 8.25. The third kappa shape index (κ3) is 1.15. The number of rotatable bonds is 1. The zero-order valence-corrected chi connectivity index (χ0v) is 5.47. The van der Waals surface area contributed by atoms with E-state index in [2.05, 4.69) is 10.2 Å². The molecule has 0 spiro atoms. The van der Waals surface area contributed by atoms with Gasteiger partial charge in [-0.2, -0.15) is 5.26 Å². The Balaban J connectivity index is 2.90. The van der Waals surface area contributed by atoms with Gasteiger partial charge in [0.15, 0.2) is 0 Å². The van der Waals surface area contributed by atoms with Gasteiger partial charge >= 0.3 is 0 Å². The van der Waals surface area contributed by atoms with E-state index in [0.717, 1.165) is 11.3 Å². The highest BCUT2D eigenvalue weighted by molar-refractivity contribution is 7.13. The number of aromatic nitrogens is 2. The molecule has 0 aromatic carbocycles. The van der Waals surface area contributed by atoms with Gasteiger partial charge in [-0.15, -0.1) is 5.10 Å². The lowest BCUT2D eigenvalue weighted by Crippen LogP contribution is -1.78. The smallest absolute Gasteiger partial charge is 0.294 e. The van der Waals surface area contributed by atoms with Crippen molar-refractivity contribution in [1.82, 2.24) is 10.2 Å². The molecule has 0 N–H and O–H groups in total. The molecule has 0 aliphatic heterocycles. The van der Waals surface area contributed by atoms with Crippen molar-refractivity contribution in [1.29, 1.82) is 5.26 Å². The van der Waals surface area contributed by atoms with E-state index in [0.29, 0.717) is 10.2 Å². The van der Waals surface area contributed by atoms with Crippen molar-refractivity contribution in [3.05, 3.63) is 5.01 Å². The van der Waals surface area contributed by atoms with E-state index in [-0.39, 0.29) is 0 Å². The van der Waals surface area contributed by atoms with E-state index in [4.69, 9.17) is 10.00 Å². The molecule has 0 bridgehead atoms. The van der Waals surface area contributed by atoms with Crippen LogP contribution < -0.4 is 4.74 Å². The summed E-state index contributed by atoms with van der Waals surface area (Å²) >= 11 is 1.13. The minimum Gasteiger partial charge on any atom is -0.472 e. The first-order valence-electron chi connectivity index (χ1n) is 2.14.